The highest BCUT2D eigenvalue weighted by Crippen LogP contribution is 2.22. The average Bonchev–Trinajstić information content (AvgIpc) is 2.74. The molecule has 0 aliphatic carbocycles. The first kappa shape index (κ1) is 15.3. The zero-order chi connectivity index (χ0) is 13.6. The Hall–Kier alpha value is -0.710. The standard InChI is InChI=1S/C13H23NO3S/c1-13(2,3)17-12(16)5-4-11(15)14-8-10-6-7-18-9-10/h10H,4-9H2,1-3H3,(H,14,15). The maximum absolute atomic E-state index is 11.5. The second-order valence-corrected chi connectivity index (χ2v) is 6.77. The van der Waals surface area contributed by atoms with Gasteiger partial charge in [0.05, 0.1) is 6.42 Å². The molecule has 1 atom stereocenters. The number of thioether (sulfide) groups is 1. The van der Waals surface area contributed by atoms with Crippen LogP contribution in [0, 0.1) is 5.92 Å². The molecule has 1 amide bonds. The van der Waals surface area contributed by atoms with Crippen molar-refractivity contribution >= 4 is 23.6 Å². The minimum Gasteiger partial charge on any atom is -0.460 e. The van der Waals surface area contributed by atoms with Crippen LogP contribution in [-0.4, -0.2) is 35.5 Å². The molecule has 0 aromatic heterocycles. The number of hydrogen-bond donors (Lipinski definition) is 1. The Morgan fingerprint density at radius 1 is 1.33 bits per heavy atom. The van der Waals surface area contributed by atoms with Gasteiger partial charge in [-0.3, -0.25) is 9.59 Å². The van der Waals surface area contributed by atoms with E-state index in [9.17, 15) is 9.59 Å². The Morgan fingerprint density at radius 3 is 2.61 bits per heavy atom. The molecule has 104 valence electrons. The molecule has 4 nitrogen and oxygen atoms in total. The minimum absolute atomic E-state index is 0.0576. The van der Waals surface area contributed by atoms with Gasteiger partial charge in [0.15, 0.2) is 0 Å². The lowest BCUT2D eigenvalue weighted by atomic mass is 10.1. The molecule has 5 heteroatoms. The van der Waals surface area contributed by atoms with E-state index >= 15 is 0 Å². The van der Waals surface area contributed by atoms with Gasteiger partial charge in [-0.25, -0.2) is 0 Å². The summed E-state index contributed by atoms with van der Waals surface area (Å²) in [5.41, 5.74) is -0.478. The topological polar surface area (TPSA) is 55.4 Å². The second kappa shape index (κ2) is 7.02. The summed E-state index contributed by atoms with van der Waals surface area (Å²) in [4.78, 5) is 23.0. The number of carbonyl (C=O) groups is 2. The minimum atomic E-state index is -0.478. The monoisotopic (exact) mass is 273 g/mol. The van der Waals surface area contributed by atoms with Crippen molar-refractivity contribution in [2.45, 2.75) is 45.6 Å². The molecule has 1 saturated heterocycles. The van der Waals surface area contributed by atoms with E-state index in [2.05, 4.69) is 5.32 Å². The summed E-state index contributed by atoms with van der Waals surface area (Å²) in [6, 6.07) is 0. The fraction of sp³-hybridized carbons (Fsp3) is 0.846. The van der Waals surface area contributed by atoms with Crippen molar-refractivity contribution in [1.29, 1.82) is 0 Å². The first-order chi connectivity index (χ1) is 8.37. The van der Waals surface area contributed by atoms with E-state index in [4.69, 9.17) is 4.74 Å². The first-order valence-corrected chi connectivity index (χ1v) is 7.58. The number of nitrogens with one attached hydrogen (secondary N) is 1. The molecule has 18 heavy (non-hydrogen) atoms. The van der Waals surface area contributed by atoms with Crippen molar-refractivity contribution in [2.75, 3.05) is 18.1 Å². The fourth-order valence-corrected chi connectivity index (χ4v) is 2.98. The van der Waals surface area contributed by atoms with Gasteiger partial charge in [-0.05, 0) is 44.6 Å². The zero-order valence-electron chi connectivity index (χ0n) is 11.5. The molecule has 0 radical (unpaired) electrons. The molecule has 0 aromatic rings. The van der Waals surface area contributed by atoms with Gasteiger partial charge in [0.2, 0.25) is 5.91 Å². The third kappa shape index (κ3) is 6.89. The van der Waals surface area contributed by atoms with Crippen molar-refractivity contribution in [1.82, 2.24) is 5.32 Å². The summed E-state index contributed by atoms with van der Waals surface area (Å²) in [7, 11) is 0. The van der Waals surface area contributed by atoms with Crippen molar-refractivity contribution in [3.63, 3.8) is 0 Å². The van der Waals surface area contributed by atoms with Crippen LogP contribution in [0.3, 0.4) is 0 Å². The van der Waals surface area contributed by atoms with Crippen molar-refractivity contribution in [3.8, 4) is 0 Å². The molecule has 1 aliphatic rings. The van der Waals surface area contributed by atoms with E-state index in [0.717, 1.165) is 12.3 Å². The number of rotatable bonds is 5. The fourth-order valence-electron chi connectivity index (χ4n) is 1.70. The maximum Gasteiger partial charge on any atom is 0.306 e. The van der Waals surface area contributed by atoms with Crippen LogP contribution in [0.1, 0.15) is 40.0 Å². The Bertz CT molecular complexity index is 293. The molecule has 0 aromatic carbocycles. The van der Waals surface area contributed by atoms with Crippen LogP contribution >= 0.6 is 11.8 Å². The summed E-state index contributed by atoms with van der Waals surface area (Å²) in [6.45, 7) is 6.20. The van der Waals surface area contributed by atoms with Gasteiger partial charge in [-0.2, -0.15) is 11.8 Å². The van der Waals surface area contributed by atoms with E-state index < -0.39 is 5.60 Å². The average molecular weight is 273 g/mol. The number of amides is 1. The van der Waals surface area contributed by atoms with E-state index in [0.29, 0.717) is 5.92 Å². The molecule has 0 spiro atoms. The zero-order valence-corrected chi connectivity index (χ0v) is 12.3. The molecular formula is C13H23NO3S. The largest absolute Gasteiger partial charge is 0.460 e. The van der Waals surface area contributed by atoms with Crippen molar-refractivity contribution in [3.05, 3.63) is 0 Å². The molecule has 1 N–H and O–H groups in total. The molecule has 1 rings (SSSR count). The lowest BCUT2D eigenvalue weighted by Gasteiger charge is -2.19. The highest BCUT2D eigenvalue weighted by molar-refractivity contribution is 7.99. The van der Waals surface area contributed by atoms with Gasteiger partial charge in [-0.1, -0.05) is 0 Å². The Morgan fingerprint density at radius 2 is 2.06 bits per heavy atom. The van der Waals surface area contributed by atoms with Crippen LogP contribution in [0.2, 0.25) is 0 Å². The number of ether oxygens (including phenoxy) is 1. The maximum atomic E-state index is 11.5. The van der Waals surface area contributed by atoms with Gasteiger partial charge < -0.3 is 10.1 Å². The molecule has 1 fully saturated rings. The van der Waals surface area contributed by atoms with Crippen LogP contribution in [0.25, 0.3) is 0 Å². The van der Waals surface area contributed by atoms with Gasteiger partial charge in [-0.15, -0.1) is 0 Å². The summed E-state index contributed by atoms with van der Waals surface area (Å²) < 4.78 is 5.14. The number of hydrogen-bond acceptors (Lipinski definition) is 4. The highest BCUT2D eigenvalue weighted by Gasteiger charge is 2.18. The van der Waals surface area contributed by atoms with Gasteiger partial charge in [0, 0.05) is 13.0 Å². The van der Waals surface area contributed by atoms with Gasteiger partial charge in [0.25, 0.3) is 0 Å². The third-order valence-electron chi connectivity index (χ3n) is 2.59. The summed E-state index contributed by atoms with van der Waals surface area (Å²) in [5.74, 6) is 2.55. The number of esters is 1. The molecule has 1 aliphatic heterocycles. The quantitative estimate of drug-likeness (QED) is 0.778. The summed E-state index contributed by atoms with van der Waals surface area (Å²) in [5, 5.41) is 2.88. The van der Waals surface area contributed by atoms with Crippen LogP contribution < -0.4 is 5.32 Å². The van der Waals surface area contributed by atoms with Crippen molar-refractivity contribution in [2.24, 2.45) is 5.92 Å². The Kier molecular flexibility index (Phi) is 5.99. The van der Waals surface area contributed by atoms with E-state index in [-0.39, 0.29) is 24.7 Å². The third-order valence-corrected chi connectivity index (χ3v) is 3.82. The van der Waals surface area contributed by atoms with Crippen LogP contribution in [0.15, 0.2) is 0 Å². The summed E-state index contributed by atoms with van der Waals surface area (Å²) in [6.07, 6.45) is 1.55. The Labute approximate surface area is 113 Å². The first-order valence-electron chi connectivity index (χ1n) is 6.43. The lowest BCUT2D eigenvalue weighted by molar-refractivity contribution is -0.155. The van der Waals surface area contributed by atoms with E-state index in [1.54, 1.807) is 0 Å². The van der Waals surface area contributed by atoms with E-state index in [1.165, 1.54) is 12.2 Å². The molecule has 0 bridgehead atoms. The SMILES string of the molecule is CC(C)(C)OC(=O)CCC(=O)NCC1CCSC1. The second-order valence-electron chi connectivity index (χ2n) is 5.62. The molecule has 1 heterocycles. The lowest BCUT2D eigenvalue weighted by Crippen LogP contribution is -2.30. The van der Waals surface area contributed by atoms with Crippen molar-refractivity contribution < 1.29 is 14.3 Å². The van der Waals surface area contributed by atoms with Crippen LogP contribution in [-0.2, 0) is 14.3 Å². The van der Waals surface area contributed by atoms with Crippen LogP contribution in [0.5, 0.6) is 0 Å². The normalized spacial score (nSPS) is 19.6. The Balaban J connectivity index is 2.10. The van der Waals surface area contributed by atoms with Gasteiger partial charge in [0.1, 0.15) is 5.60 Å². The predicted octanol–water partition coefficient (Wildman–Crippen LogP) is 1.98. The van der Waals surface area contributed by atoms with E-state index in [1.807, 2.05) is 32.5 Å². The smallest absolute Gasteiger partial charge is 0.306 e. The number of carbonyl (C=O) groups excluding carboxylic acids is 2. The molecule has 1 unspecified atom stereocenters. The predicted molar refractivity (Wildman–Crippen MR) is 73.5 cm³/mol. The molecule has 0 saturated carbocycles. The molecular weight excluding hydrogens is 250 g/mol. The van der Waals surface area contributed by atoms with Crippen LogP contribution in [0.4, 0.5) is 0 Å². The van der Waals surface area contributed by atoms with Gasteiger partial charge >= 0.3 is 5.97 Å². The summed E-state index contributed by atoms with van der Waals surface area (Å²) >= 11 is 1.93. The highest BCUT2D eigenvalue weighted by atomic mass is 32.2.